The van der Waals surface area contributed by atoms with Crippen molar-refractivity contribution in [3.8, 4) is 0 Å². The van der Waals surface area contributed by atoms with Crippen LogP contribution in [0.3, 0.4) is 0 Å². The number of aromatic amines is 1. The lowest BCUT2D eigenvalue weighted by molar-refractivity contribution is 0.0947. The molecule has 0 aliphatic carbocycles. The van der Waals surface area contributed by atoms with Crippen LogP contribution in [0.5, 0.6) is 0 Å². The molecule has 1 aromatic heterocycles. The van der Waals surface area contributed by atoms with Crippen LogP contribution in [-0.4, -0.2) is 17.4 Å². The first-order valence-corrected chi connectivity index (χ1v) is 5.22. The van der Waals surface area contributed by atoms with Gasteiger partial charge in [-0.15, -0.1) is 0 Å². The molecule has 1 aliphatic heterocycles. The molecule has 0 atom stereocenters. The van der Waals surface area contributed by atoms with Gasteiger partial charge >= 0.3 is 0 Å². The van der Waals surface area contributed by atoms with Crippen molar-refractivity contribution in [1.29, 1.82) is 0 Å². The van der Waals surface area contributed by atoms with Crippen molar-refractivity contribution < 1.29 is 4.79 Å². The normalized spacial score (nSPS) is 15.1. The van der Waals surface area contributed by atoms with E-state index in [1.54, 1.807) is 6.07 Å². The van der Waals surface area contributed by atoms with Crippen LogP contribution >= 0.6 is 11.6 Å². The molecule has 1 aromatic carbocycles. The Bertz CT molecular complexity index is 559. The molecule has 0 radical (unpaired) electrons. The summed E-state index contributed by atoms with van der Waals surface area (Å²) in [5, 5.41) is 4.29. The third kappa shape index (κ3) is 1.16. The molecular weight excluding hydrogens is 212 g/mol. The van der Waals surface area contributed by atoms with E-state index in [-0.39, 0.29) is 5.91 Å². The number of aromatic nitrogens is 1. The quantitative estimate of drug-likeness (QED) is 0.702. The van der Waals surface area contributed by atoms with Gasteiger partial charge in [0.1, 0.15) is 0 Å². The Morgan fingerprint density at radius 1 is 1.33 bits per heavy atom. The van der Waals surface area contributed by atoms with Crippen molar-refractivity contribution >= 4 is 28.4 Å². The number of H-pyrrole nitrogens is 1. The van der Waals surface area contributed by atoms with Crippen LogP contribution in [0, 0.1) is 0 Å². The van der Waals surface area contributed by atoms with Gasteiger partial charge in [-0.3, -0.25) is 4.79 Å². The first-order chi connectivity index (χ1) is 7.27. The summed E-state index contributed by atoms with van der Waals surface area (Å²) in [7, 11) is 0. The van der Waals surface area contributed by atoms with Gasteiger partial charge in [-0.1, -0.05) is 17.7 Å². The Kier molecular flexibility index (Phi) is 1.76. The van der Waals surface area contributed by atoms with Crippen LogP contribution in [0.4, 0.5) is 0 Å². The molecule has 1 amide bonds. The van der Waals surface area contributed by atoms with Gasteiger partial charge in [0, 0.05) is 29.6 Å². The van der Waals surface area contributed by atoms with Crippen molar-refractivity contribution in [3.63, 3.8) is 0 Å². The molecule has 2 aromatic rings. The standard InChI is InChI=1S/C11H9ClN2O/c12-6-2-1-3-7-9(6)10-8(14-7)4-5-13-11(10)15/h1-3,14H,4-5H2,(H,13,15). The van der Waals surface area contributed by atoms with Crippen LogP contribution in [0.15, 0.2) is 18.2 Å². The van der Waals surface area contributed by atoms with E-state index in [2.05, 4.69) is 10.3 Å². The van der Waals surface area contributed by atoms with E-state index in [4.69, 9.17) is 11.6 Å². The van der Waals surface area contributed by atoms with Crippen LogP contribution in [0.25, 0.3) is 10.9 Å². The van der Waals surface area contributed by atoms with Crippen molar-refractivity contribution in [3.05, 3.63) is 34.5 Å². The Morgan fingerprint density at radius 3 is 3.07 bits per heavy atom. The van der Waals surface area contributed by atoms with E-state index in [9.17, 15) is 4.79 Å². The Labute approximate surface area is 91.4 Å². The number of fused-ring (bicyclic) bond motifs is 3. The smallest absolute Gasteiger partial charge is 0.253 e. The molecule has 4 heteroatoms. The summed E-state index contributed by atoms with van der Waals surface area (Å²) < 4.78 is 0. The molecule has 0 spiro atoms. The van der Waals surface area contributed by atoms with E-state index < -0.39 is 0 Å². The first kappa shape index (κ1) is 8.80. The summed E-state index contributed by atoms with van der Waals surface area (Å²) in [6, 6.07) is 5.62. The number of hydrogen-bond donors (Lipinski definition) is 2. The molecule has 15 heavy (non-hydrogen) atoms. The first-order valence-electron chi connectivity index (χ1n) is 4.84. The van der Waals surface area contributed by atoms with Crippen LogP contribution in [-0.2, 0) is 6.42 Å². The lowest BCUT2D eigenvalue weighted by Crippen LogP contribution is -2.31. The predicted molar refractivity (Wildman–Crippen MR) is 59.3 cm³/mol. The Balaban J connectivity index is 2.44. The fraction of sp³-hybridized carbons (Fsp3) is 0.182. The number of halogens is 1. The van der Waals surface area contributed by atoms with Gasteiger partial charge in [0.25, 0.3) is 5.91 Å². The van der Waals surface area contributed by atoms with E-state index >= 15 is 0 Å². The third-order valence-corrected chi connectivity index (χ3v) is 3.05. The van der Waals surface area contributed by atoms with Gasteiger partial charge in [-0.25, -0.2) is 0 Å². The molecule has 2 heterocycles. The van der Waals surface area contributed by atoms with Crippen molar-refractivity contribution in [1.82, 2.24) is 10.3 Å². The number of hydrogen-bond acceptors (Lipinski definition) is 1. The van der Waals surface area contributed by atoms with Gasteiger partial charge in [0.05, 0.1) is 10.6 Å². The van der Waals surface area contributed by atoms with Gasteiger partial charge in [-0.2, -0.15) is 0 Å². The van der Waals surface area contributed by atoms with Crippen molar-refractivity contribution in [2.75, 3.05) is 6.54 Å². The summed E-state index contributed by atoms with van der Waals surface area (Å²) in [6.07, 6.45) is 0.839. The van der Waals surface area contributed by atoms with Gasteiger partial charge < -0.3 is 10.3 Å². The summed E-state index contributed by atoms with van der Waals surface area (Å²) >= 11 is 6.10. The average molecular weight is 221 g/mol. The van der Waals surface area contributed by atoms with E-state index in [0.717, 1.165) is 23.0 Å². The minimum Gasteiger partial charge on any atom is -0.358 e. The minimum atomic E-state index is -0.0319. The molecule has 76 valence electrons. The maximum absolute atomic E-state index is 11.7. The maximum Gasteiger partial charge on any atom is 0.253 e. The predicted octanol–water partition coefficient (Wildman–Crippen LogP) is 2.11. The van der Waals surface area contributed by atoms with Gasteiger partial charge in [-0.05, 0) is 12.1 Å². The summed E-state index contributed by atoms with van der Waals surface area (Å²) in [6.45, 7) is 0.691. The second-order valence-electron chi connectivity index (χ2n) is 3.65. The Morgan fingerprint density at radius 2 is 2.20 bits per heavy atom. The lowest BCUT2D eigenvalue weighted by atomic mass is 10.1. The average Bonchev–Trinajstić information content (AvgIpc) is 2.58. The highest BCUT2D eigenvalue weighted by Gasteiger charge is 2.23. The number of carbonyl (C=O) groups is 1. The number of rotatable bonds is 0. The second-order valence-corrected chi connectivity index (χ2v) is 4.05. The summed E-state index contributed by atoms with van der Waals surface area (Å²) in [4.78, 5) is 15.0. The molecular formula is C11H9ClN2O. The van der Waals surface area contributed by atoms with Gasteiger partial charge in [0.2, 0.25) is 0 Å². The van der Waals surface area contributed by atoms with Crippen LogP contribution in [0.1, 0.15) is 16.1 Å². The molecule has 2 N–H and O–H groups in total. The van der Waals surface area contributed by atoms with Crippen LogP contribution in [0.2, 0.25) is 5.02 Å². The lowest BCUT2D eigenvalue weighted by Gasteiger charge is -2.12. The van der Waals surface area contributed by atoms with Crippen LogP contribution < -0.4 is 5.32 Å². The number of nitrogens with one attached hydrogen (secondary N) is 2. The summed E-state index contributed by atoms with van der Waals surface area (Å²) in [5.41, 5.74) is 2.63. The molecule has 0 bridgehead atoms. The van der Waals surface area contributed by atoms with Gasteiger partial charge in [0.15, 0.2) is 0 Å². The SMILES string of the molecule is O=C1NCCc2[nH]c3cccc(Cl)c3c21. The zero-order chi connectivity index (χ0) is 10.4. The monoisotopic (exact) mass is 220 g/mol. The minimum absolute atomic E-state index is 0.0319. The molecule has 0 unspecified atom stereocenters. The summed E-state index contributed by atoms with van der Waals surface area (Å²) in [5.74, 6) is -0.0319. The topological polar surface area (TPSA) is 44.9 Å². The number of carbonyl (C=O) groups excluding carboxylic acids is 1. The molecule has 3 nitrogen and oxygen atoms in total. The Hall–Kier alpha value is -1.48. The largest absolute Gasteiger partial charge is 0.358 e. The molecule has 3 rings (SSSR count). The van der Waals surface area contributed by atoms with E-state index in [0.29, 0.717) is 17.1 Å². The molecule has 0 fully saturated rings. The third-order valence-electron chi connectivity index (χ3n) is 2.74. The van der Waals surface area contributed by atoms with Crippen molar-refractivity contribution in [2.24, 2.45) is 0 Å². The number of benzene rings is 1. The highest BCUT2D eigenvalue weighted by atomic mass is 35.5. The number of amides is 1. The highest BCUT2D eigenvalue weighted by Crippen LogP contribution is 2.30. The van der Waals surface area contributed by atoms with Crippen molar-refractivity contribution in [2.45, 2.75) is 6.42 Å². The zero-order valence-corrected chi connectivity index (χ0v) is 8.69. The molecule has 1 aliphatic rings. The fourth-order valence-electron chi connectivity index (χ4n) is 2.09. The zero-order valence-electron chi connectivity index (χ0n) is 7.93. The molecule has 0 saturated heterocycles. The highest BCUT2D eigenvalue weighted by molar-refractivity contribution is 6.37. The fourth-order valence-corrected chi connectivity index (χ4v) is 2.35. The maximum atomic E-state index is 11.7. The van der Waals surface area contributed by atoms with E-state index in [1.165, 1.54) is 0 Å². The second kappa shape index (κ2) is 3.00. The molecule has 0 saturated carbocycles. The van der Waals surface area contributed by atoms with E-state index in [1.807, 2.05) is 12.1 Å².